The van der Waals surface area contributed by atoms with Crippen molar-refractivity contribution in [1.82, 2.24) is 0 Å². The SMILES string of the molecule is O=C(Nc1ccc(NC(=O)c2cccc(Cl)c2)cc1)c1ccc(I)cc1. The predicted molar refractivity (Wildman–Crippen MR) is 113 cm³/mol. The van der Waals surface area contributed by atoms with Gasteiger partial charge in [0.1, 0.15) is 0 Å². The molecule has 0 spiro atoms. The van der Waals surface area contributed by atoms with Gasteiger partial charge in [-0.1, -0.05) is 17.7 Å². The zero-order valence-corrected chi connectivity index (χ0v) is 16.4. The van der Waals surface area contributed by atoms with Crippen molar-refractivity contribution in [2.75, 3.05) is 10.6 Å². The van der Waals surface area contributed by atoms with E-state index >= 15 is 0 Å². The number of amides is 2. The minimum Gasteiger partial charge on any atom is -0.322 e. The summed E-state index contributed by atoms with van der Waals surface area (Å²) in [5, 5.41) is 6.12. The summed E-state index contributed by atoms with van der Waals surface area (Å²) in [7, 11) is 0. The van der Waals surface area contributed by atoms with Gasteiger partial charge in [-0.2, -0.15) is 0 Å². The van der Waals surface area contributed by atoms with E-state index in [1.165, 1.54) is 0 Å². The second kappa shape index (κ2) is 8.33. The van der Waals surface area contributed by atoms with Crippen LogP contribution < -0.4 is 10.6 Å². The quantitative estimate of drug-likeness (QED) is 0.492. The smallest absolute Gasteiger partial charge is 0.255 e. The average Bonchev–Trinajstić information content (AvgIpc) is 2.64. The zero-order chi connectivity index (χ0) is 18.5. The molecule has 2 amide bonds. The minimum atomic E-state index is -0.247. The van der Waals surface area contributed by atoms with E-state index in [0.29, 0.717) is 27.5 Å². The second-order valence-electron chi connectivity index (χ2n) is 5.50. The third kappa shape index (κ3) is 4.83. The predicted octanol–water partition coefficient (Wildman–Crippen LogP) is 5.45. The summed E-state index contributed by atoms with van der Waals surface area (Å²) >= 11 is 8.09. The van der Waals surface area contributed by atoms with Crippen LogP contribution in [0.25, 0.3) is 0 Å². The Morgan fingerprint density at radius 1 is 0.731 bits per heavy atom. The van der Waals surface area contributed by atoms with Gasteiger partial charge in [0.05, 0.1) is 0 Å². The standard InChI is InChI=1S/C20H14ClIN2O2/c21-15-3-1-2-14(12-15)20(26)24-18-10-8-17(9-11-18)23-19(25)13-4-6-16(22)7-5-13/h1-12H,(H,23,25)(H,24,26). The van der Waals surface area contributed by atoms with Crippen molar-refractivity contribution in [1.29, 1.82) is 0 Å². The number of rotatable bonds is 4. The molecule has 0 aromatic heterocycles. The molecule has 0 radical (unpaired) electrons. The van der Waals surface area contributed by atoms with E-state index in [1.54, 1.807) is 60.7 Å². The van der Waals surface area contributed by atoms with Crippen LogP contribution in [-0.4, -0.2) is 11.8 Å². The first-order valence-electron chi connectivity index (χ1n) is 7.75. The summed E-state index contributed by atoms with van der Waals surface area (Å²) in [4.78, 5) is 24.4. The monoisotopic (exact) mass is 476 g/mol. The maximum Gasteiger partial charge on any atom is 0.255 e. The molecule has 130 valence electrons. The number of halogens is 2. The van der Waals surface area contributed by atoms with Gasteiger partial charge in [-0.05, 0) is 89.3 Å². The molecule has 0 aliphatic rings. The number of carbonyl (C=O) groups excluding carboxylic acids is 2. The fraction of sp³-hybridized carbons (Fsp3) is 0. The molecule has 0 heterocycles. The van der Waals surface area contributed by atoms with Gasteiger partial charge in [0, 0.05) is 31.1 Å². The van der Waals surface area contributed by atoms with Crippen molar-refractivity contribution in [3.8, 4) is 0 Å². The number of benzene rings is 3. The topological polar surface area (TPSA) is 58.2 Å². The summed E-state index contributed by atoms with van der Waals surface area (Å²) in [6.45, 7) is 0. The average molecular weight is 477 g/mol. The molecule has 0 fully saturated rings. The van der Waals surface area contributed by atoms with E-state index in [-0.39, 0.29) is 11.8 Å². The normalized spacial score (nSPS) is 10.2. The van der Waals surface area contributed by atoms with Gasteiger partial charge in [-0.3, -0.25) is 9.59 Å². The van der Waals surface area contributed by atoms with Crippen LogP contribution in [0.3, 0.4) is 0 Å². The lowest BCUT2D eigenvalue weighted by Crippen LogP contribution is -2.13. The van der Waals surface area contributed by atoms with Gasteiger partial charge in [0.15, 0.2) is 0 Å². The molecule has 26 heavy (non-hydrogen) atoms. The summed E-state index contributed by atoms with van der Waals surface area (Å²) in [5.41, 5.74) is 2.34. The van der Waals surface area contributed by atoms with E-state index in [2.05, 4.69) is 33.2 Å². The van der Waals surface area contributed by atoms with E-state index in [0.717, 1.165) is 3.57 Å². The third-order valence-corrected chi connectivity index (χ3v) is 4.55. The van der Waals surface area contributed by atoms with Crippen molar-refractivity contribution < 1.29 is 9.59 Å². The lowest BCUT2D eigenvalue weighted by molar-refractivity contribution is 0.101. The highest BCUT2D eigenvalue weighted by molar-refractivity contribution is 14.1. The fourth-order valence-electron chi connectivity index (χ4n) is 2.27. The lowest BCUT2D eigenvalue weighted by Gasteiger charge is -2.08. The first kappa shape index (κ1) is 18.4. The molecular weight excluding hydrogens is 463 g/mol. The van der Waals surface area contributed by atoms with E-state index in [4.69, 9.17) is 11.6 Å². The second-order valence-corrected chi connectivity index (χ2v) is 7.18. The highest BCUT2D eigenvalue weighted by Crippen LogP contribution is 2.17. The summed E-state index contributed by atoms with van der Waals surface area (Å²) in [6.07, 6.45) is 0. The molecular formula is C20H14ClIN2O2. The summed E-state index contributed by atoms with van der Waals surface area (Å²) in [5.74, 6) is -0.430. The van der Waals surface area contributed by atoms with Crippen molar-refractivity contribution in [2.45, 2.75) is 0 Å². The zero-order valence-electron chi connectivity index (χ0n) is 13.5. The largest absolute Gasteiger partial charge is 0.322 e. The van der Waals surface area contributed by atoms with Gasteiger partial charge < -0.3 is 10.6 Å². The Morgan fingerprint density at radius 3 is 1.81 bits per heavy atom. The molecule has 0 saturated carbocycles. The van der Waals surface area contributed by atoms with Crippen LogP contribution >= 0.6 is 34.2 Å². The lowest BCUT2D eigenvalue weighted by atomic mass is 10.2. The minimum absolute atomic E-state index is 0.183. The Kier molecular flexibility index (Phi) is 5.90. The maximum absolute atomic E-state index is 12.2. The van der Waals surface area contributed by atoms with Crippen molar-refractivity contribution in [3.05, 3.63) is 92.5 Å². The highest BCUT2D eigenvalue weighted by Gasteiger charge is 2.08. The van der Waals surface area contributed by atoms with Crippen LogP contribution in [0.5, 0.6) is 0 Å². The van der Waals surface area contributed by atoms with Crippen LogP contribution in [-0.2, 0) is 0 Å². The highest BCUT2D eigenvalue weighted by atomic mass is 127. The Labute approximate surface area is 169 Å². The van der Waals surface area contributed by atoms with Crippen LogP contribution in [0, 0.1) is 3.57 Å². The van der Waals surface area contributed by atoms with E-state index in [1.807, 2.05) is 12.1 Å². The molecule has 0 aliphatic carbocycles. The Balaban J connectivity index is 1.64. The van der Waals surface area contributed by atoms with Gasteiger partial charge in [-0.25, -0.2) is 0 Å². The third-order valence-electron chi connectivity index (χ3n) is 3.59. The van der Waals surface area contributed by atoms with Gasteiger partial charge >= 0.3 is 0 Å². The number of nitrogens with one attached hydrogen (secondary N) is 2. The van der Waals surface area contributed by atoms with Crippen LogP contribution in [0.2, 0.25) is 5.02 Å². The first-order valence-corrected chi connectivity index (χ1v) is 9.21. The number of anilines is 2. The van der Waals surface area contributed by atoms with Crippen LogP contribution in [0.1, 0.15) is 20.7 Å². The number of hydrogen-bond acceptors (Lipinski definition) is 2. The molecule has 4 nitrogen and oxygen atoms in total. The molecule has 3 aromatic rings. The summed E-state index contributed by atoms with van der Waals surface area (Å²) < 4.78 is 1.07. The Morgan fingerprint density at radius 2 is 1.27 bits per heavy atom. The Bertz CT molecular complexity index is 941. The van der Waals surface area contributed by atoms with Gasteiger partial charge in [0.2, 0.25) is 0 Å². The number of hydrogen-bond donors (Lipinski definition) is 2. The van der Waals surface area contributed by atoms with E-state index < -0.39 is 0 Å². The molecule has 0 aliphatic heterocycles. The fourth-order valence-corrected chi connectivity index (χ4v) is 2.82. The van der Waals surface area contributed by atoms with Gasteiger partial charge in [-0.15, -0.1) is 0 Å². The van der Waals surface area contributed by atoms with Crippen molar-refractivity contribution in [2.24, 2.45) is 0 Å². The molecule has 0 unspecified atom stereocenters. The van der Waals surface area contributed by atoms with Crippen molar-refractivity contribution in [3.63, 3.8) is 0 Å². The molecule has 2 N–H and O–H groups in total. The first-order chi connectivity index (χ1) is 12.5. The maximum atomic E-state index is 12.2. The van der Waals surface area contributed by atoms with Crippen molar-refractivity contribution >= 4 is 57.4 Å². The van der Waals surface area contributed by atoms with E-state index in [9.17, 15) is 9.59 Å². The molecule has 3 rings (SSSR count). The summed E-state index contributed by atoms with van der Waals surface area (Å²) in [6, 6.07) is 21.0. The molecule has 6 heteroatoms. The molecule has 0 atom stereocenters. The van der Waals surface area contributed by atoms with Crippen LogP contribution in [0.15, 0.2) is 72.8 Å². The number of carbonyl (C=O) groups is 2. The Hall–Kier alpha value is -2.38. The molecule has 3 aromatic carbocycles. The van der Waals surface area contributed by atoms with Crippen LogP contribution in [0.4, 0.5) is 11.4 Å². The molecule has 0 bridgehead atoms. The molecule has 0 saturated heterocycles. The van der Waals surface area contributed by atoms with Gasteiger partial charge in [0.25, 0.3) is 11.8 Å².